The smallest absolute Gasteiger partial charge is 0.0949 e. The Morgan fingerprint density at radius 1 is 0.409 bits per heavy atom. The molecular weight excluding hydrogens is 534 g/mol. The van der Waals surface area contributed by atoms with E-state index in [2.05, 4.69) is 163 Å². The molecule has 0 saturated heterocycles. The summed E-state index contributed by atoms with van der Waals surface area (Å²) in [5, 5.41) is 11.9. The van der Waals surface area contributed by atoms with Gasteiger partial charge >= 0.3 is 0 Å². The van der Waals surface area contributed by atoms with Crippen LogP contribution in [0.3, 0.4) is 0 Å². The van der Waals surface area contributed by atoms with Gasteiger partial charge in [0.2, 0.25) is 0 Å². The lowest BCUT2D eigenvalue weighted by Crippen LogP contribution is -2.36. The second-order valence-electron chi connectivity index (χ2n) is 11.0. The highest BCUT2D eigenvalue weighted by Crippen LogP contribution is 2.44. The third-order valence-corrected chi connectivity index (χ3v) is 8.25. The Kier molecular flexibility index (Phi) is 6.47. The van der Waals surface area contributed by atoms with E-state index in [1.807, 2.05) is 17.3 Å². The lowest BCUT2D eigenvalue weighted by Gasteiger charge is -2.28. The topological polar surface area (TPSA) is 27.6 Å². The lowest BCUT2D eigenvalue weighted by atomic mass is 9.86. The zero-order chi connectivity index (χ0) is 29.3. The van der Waals surface area contributed by atoms with Crippen LogP contribution in [0.5, 0.6) is 0 Å². The molecule has 0 saturated carbocycles. The molecule has 0 amide bonds. The van der Waals surface area contributed by atoms with E-state index in [1.165, 1.54) is 43.8 Å². The minimum absolute atomic E-state index is 0.898. The lowest BCUT2D eigenvalue weighted by molar-refractivity contribution is 0.788. The fourth-order valence-electron chi connectivity index (χ4n) is 6.21. The van der Waals surface area contributed by atoms with Gasteiger partial charge in [-0.3, -0.25) is 5.43 Å². The van der Waals surface area contributed by atoms with E-state index >= 15 is 0 Å². The zero-order valence-electron chi connectivity index (χ0n) is 24.1. The predicted molar refractivity (Wildman–Crippen MR) is 185 cm³/mol. The molecule has 7 aromatic rings. The minimum Gasteiger partial charge on any atom is -0.277 e. The Morgan fingerprint density at radius 3 is 1.43 bits per heavy atom. The number of anilines is 1. The summed E-state index contributed by atoms with van der Waals surface area (Å²) in [4.78, 5) is 0. The van der Waals surface area contributed by atoms with E-state index in [4.69, 9.17) is 5.10 Å². The van der Waals surface area contributed by atoms with Gasteiger partial charge in [0, 0.05) is 5.56 Å². The summed E-state index contributed by atoms with van der Waals surface area (Å²) in [6.45, 7) is 0. The van der Waals surface area contributed by atoms with Crippen molar-refractivity contribution in [3.8, 4) is 22.3 Å². The maximum Gasteiger partial charge on any atom is 0.0949 e. The van der Waals surface area contributed by atoms with Crippen LogP contribution in [0.15, 0.2) is 175 Å². The van der Waals surface area contributed by atoms with Crippen LogP contribution in [-0.2, 0) is 0 Å². The van der Waals surface area contributed by atoms with Gasteiger partial charge in [0.1, 0.15) is 0 Å². The van der Waals surface area contributed by atoms with E-state index in [0.29, 0.717) is 0 Å². The Bertz CT molecular complexity index is 2170. The molecule has 0 bridgehead atoms. The summed E-state index contributed by atoms with van der Waals surface area (Å²) in [6, 6.07) is 57.7. The number of allylic oxidation sites excluding steroid dienone is 1. The molecule has 1 aliphatic heterocycles. The number of benzene rings is 7. The molecule has 0 spiro atoms. The molecule has 1 N–H and O–H groups in total. The van der Waals surface area contributed by atoms with Crippen LogP contribution in [0.25, 0.3) is 49.5 Å². The van der Waals surface area contributed by atoms with Gasteiger partial charge in [-0.05, 0) is 67.6 Å². The molecule has 8 rings (SSSR count). The highest BCUT2D eigenvalue weighted by atomic mass is 15.7. The first-order valence-corrected chi connectivity index (χ1v) is 14.9. The summed E-state index contributed by atoms with van der Waals surface area (Å²) in [5.41, 5.74) is 13.5. The first-order valence-electron chi connectivity index (χ1n) is 14.9. The molecule has 0 unspecified atom stereocenters. The molecule has 3 heteroatoms. The van der Waals surface area contributed by atoms with Gasteiger partial charge in [0.15, 0.2) is 0 Å². The van der Waals surface area contributed by atoms with Gasteiger partial charge in [-0.15, -0.1) is 0 Å². The van der Waals surface area contributed by atoms with E-state index in [-0.39, 0.29) is 0 Å². The van der Waals surface area contributed by atoms with Crippen molar-refractivity contribution >= 4 is 38.6 Å². The summed E-state index contributed by atoms with van der Waals surface area (Å²) in [7, 11) is 0. The number of hydrazine groups is 1. The third kappa shape index (κ3) is 4.61. The zero-order valence-corrected chi connectivity index (χ0v) is 24.1. The number of rotatable bonds is 5. The number of fused-ring (bicyclic) bond motifs is 2. The Hall–Kier alpha value is -5.93. The molecule has 0 fully saturated rings. The molecule has 3 nitrogen and oxygen atoms in total. The largest absolute Gasteiger partial charge is 0.277 e. The summed E-state index contributed by atoms with van der Waals surface area (Å²) < 4.78 is 0. The van der Waals surface area contributed by atoms with E-state index < -0.39 is 0 Å². The van der Waals surface area contributed by atoms with Crippen molar-refractivity contribution in [3.05, 3.63) is 181 Å². The average molecular weight is 564 g/mol. The van der Waals surface area contributed by atoms with E-state index in [9.17, 15) is 0 Å². The van der Waals surface area contributed by atoms with Crippen LogP contribution in [0, 0.1) is 0 Å². The molecule has 208 valence electrons. The molecule has 0 atom stereocenters. The van der Waals surface area contributed by atoms with Crippen molar-refractivity contribution in [2.45, 2.75) is 0 Å². The molecule has 1 aliphatic rings. The fraction of sp³-hybridized carbons (Fsp3) is 0. The fourth-order valence-corrected chi connectivity index (χ4v) is 6.21. The number of hydrogen-bond acceptors (Lipinski definition) is 3. The van der Waals surface area contributed by atoms with Gasteiger partial charge in [0.05, 0.1) is 17.1 Å². The second-order valence-corrected chi connectivity index (χ2v) is 11.0. The van der Waals surface area contributed by atoms with Crippen LogP contribution in [0.1, 0.15) is 11.1 Å². The van der Waals surface area contributed by atoms with Crippen molar-refractivity contribution < 1.29 is 0 Å². The van der Waals surface area contributed by atoms with E-state index in [1.54, 1.807) is 0 Å². The first-order chi connectivity index (χ1) is 21.8. The second kappa shape index (κ2) is 11.0. The molecule has 0 aromatic heterocycles. The molecule has 0 radical (unpaired) electrons. The van der Waals surface area contributed by atoms with Gasteiger partial charge in [-0.25, -0.2) is 0 Å². The summed E-state index contributed by atoms with van der Waals surface area (Å²) >= 11 is 0. The van der Waals surface area contributed by atoms with Crippen LogP contribution < -0.4 is 10.5 Å². The molecule has 7 aromatic carbocycles. The quantitative estimate of drug-likeness (QED) is 0.211. The van der Waals surface area contributed by atoms with Crippen molar-refractivity contribution in [2.75, 3.05) is 5.12 Å². The van der Waals surface area contributed by atoms with Crippen LogP contribution in [0.2, 0.25) is 0 Å². The first kappa shape index (κ1) is 25.8. The number of nitrogens with one attached hydrogen (secondary N) is 1. The highest BCUT2D eigenvalue weighted by Gasteiger charge is 2.21. The van der Waals surface area contributed by atoms with Gasteiger partial charge < -0.3 is 0 Å². The Balaban J connectivity index is 1.38. The standard InChI is InChI=1S/C41H29N3/c1-5-15-29(16-6-1)38-28-39(30-17-7-2-8-18-30)43-44(42-38)33-25-26-36-37(27-33)41(32-21-11-4-12-22-32)35-24-14-13-23-34(35)40(36)31-19-9-3-10-20-31/h1-28,42H. The van der Waals surface area contributed by atoms with Crippen LogP contribution in [0.4, 0.5) is 5.69 Å². The number of hydrazone groups is 1. The molecule has 0 aliphatic carbocycles. The maximum absolute atomic E-state index is 5.11. The summed E-state index contributed by atoms with van der Waals surface area (Å²) in [6.07, 6.45) is 2.12. The van der Waals surface area contributed by atoms with Crippen molar-refractivity contribution in [2.24, 2.45) is 5.10 Å². The SMILES string of the molecule is C1=C(c2ccccc2)NN(c2ccc3c(-c4ccccc4)c4ccccc4c(-c4ccccc4)c3c2)N=C1c1ccccc1. The maximum atomic E-state index is 5.11. The molecular formula is C41H29N3. The van der Waals surface area contributed by atoms with Crippen molar-refractivity contribution in [3.63, 3.8) is 0 Å². The average Bonchev–Trinajstić information content (AvgIpc) is 3.11. The Morgan fingerprint density at radius 2 is 0.864 bits per heavy atom. The number of hydrogen-bond donors (Lipinski definition) is 1. The number of nitrogens with zero attached hydrogens (tertiary/aromatic N) is 2. The van der Waals surface area contributed by atoms with Gasteiger partial charge in [0.25, 0.3) is 0 Å². The van der Waals surface area contributed by atoms with Crippen molar-refractivity contribution in [1.82, 2.24) is 5.43 Å². The summed E-state index contributed by atoms with van der Waals surface area (Å²) in [5.74, 6) is 0. The molecule has 44 heavy (non-hydrogen) atoms. The molecule has 1 heterocycles. The minimum atomic E-state index is 0.898. The van der Waals surface area contributed by atoms with Gasteiger partial charge in [-0.2, -0.15) is 10.2 Å². The normalized spacial score (nSPS) is 13.0. The van der Waals surface area contributed by atoms with Crippen LogP contribution in [-0.4, -0.2) is 5.71 Å². The Labute approximate surface area is 257 Å². The van der Waals surface area contributed by atoms with Crippen molar-refractivity contribution in [1.29, 1.82) is 0 Å². The van der Waals surface area contributed by atoms with Gasteiger partial charge in [-0.1, -0.05) is 152 Å². The predicted octanol–water partition coefficient (Wildman–Crippen LogP) is 10.1. The highest BCUT2D eigenvalue weighted by molar-refractivity contribution is 6.22. The monoisotopic (exact) mass is 563 g/mol. The van der Waals surface area contributed by atoms with E-state index in [0.717, 1.165) is 28.2 Å². The third-order valence-electron chi connectivity index (χ3n) is 8.25. The van der Waals surface area contributed by atoms with Crippen LogP contribution >= 0.6 is 0 Å².